The van der Waals surface area contributed by atoms with Crippen molar-refractivity contribution in [1.29, 1.82) is 0 Å². The molecule has 20 heavy (non-hydrogen) atoms. The van der Waals surface area contributed by atoms with Gasteiger partial charge in [-0.25, -0.2) is 9.37 Å². The second-order valence-corrected chi connectivity index (χ2v) is 4.26. The Hall–Kier alpha value is -2.63. The Bertz CT molecular complexity index is 794. The molecular formula is C14H12FN3O2. The highest BCUT2D eigenvalue weighted by atomic mass is 19.1. The quantitative estimate of drug-likeness (QED) is 0.790. The summed E-state index contributed by atoms with van der Waals surface area (Å²) in [7, 11) is 0. The largest absolute Gasteiger partial charge is 0.489 e. The van der Waals surface area contributed by atoms with Gasteiger partial charge < -0.3 is 9.72 Å². The Morgan fingerprint density at radius 1 is 1.30 bits per heavy atom. The lowest BCUT2D eigenvalue weighted by atomic mass is 10.3. The number of fused-ring (bicyclic) bond motifs is 1. The van der Waals surface area contributed by atoms with Gasteiger partial charge in [0.1, 0.15) is 12.1 Å². The zero-order chi connectivity index (χ0) is 13.9. The minimum atomic E-state index is -0.419. The Kier molecular flexibility index (Phi) is 3.20. The third-order valence-corrected chi connectivity index (χ3v) is 2.96. The van der Waals surface area contributed by atoms with Crippen molar-refractivity contribution in [2.45, 2.75) is 6.54 Å². The van der Waals surface area contributed by atoms with E-state index in [1.165, 1.54) is 17.0 Å². The number of para-hydroxylation sites is 1. The lowest BCUT2D eigenvalue weighted by Crippen LogP contribution is -2.23. The third-order valence-electron chi connectivity index (χ3n) is 2.96. The summed E-state index contributed by atoms with van der Waals surface area (Å²) in [6.45, 7) is 0.490. The number of rotatable bonds is 4. The zero-order valence-corrected chi connectivity index (χ0v) is 10.5. The van der Waals surface area contributed by atoms with Crippen molar-refractivity contribution in [2.75, 3.05) is 6.61 Å². The molecule has 0 atom stereocenters. The minimum Gasteiger partial charge on any atom is -0.489 e. The summed E-state index contributed by atoms with van der Waals surface area (Å²) in [5.74, 6) is -0.243. The first-order valence-electron chi connectivity index (χ1n) is 6.15. The summed E-state index contributed by atoms with van der Waals surface area (Å²) in [6, 6.07) is 7.89. The van der Waals surface area contributed by atoms with Crippen LogP contribution in [0, 0.1) is 5.82 Å². The van der Waals surface area contributed by atoms with Crippen molar-refractivity contribution < 1.29 is 9.13 Å². The third kappa shape index (κ3) is 2.27. The molecule has 0 aliphatic carbocycles. The molecule has 1 N–H and O–H groups in total. The number of ether oxygens (including phenoxy) is 1. The van der Waals surface area contributed by atoms with Crippen LogP contribution in [0.2, 0.25) is 0 Å². The van der Waals surface area contributed by atoms with Crippen molar-refractivity contribution in [3.8, 4) is 5.75 Å². The Morgan fingerprint density at radius 2 is 2.15 bits per heavy atom. The van der Waals surface area contributed by atoms with Gasteiger partial charge in [-0.05, 0) is 18.2 Å². The van der Waals surface area contributed by atoms with Gasteiger partial charge >= 0.3 is 0 Å². The van der Waals surface area contributed by atoms with Gasteiger partial charge in [0.05, 0.1) is 18.4 Å². The van der Waals surface area contributed by atoms with Gasteiger partial charge in [0.15, 0.2) is 11.6 Å². The van der Waals surface area contributed by atoms with E-state index < -0.39 is 5.82 Å². The van der Waals surface area contributed by atoms with E-state index in [0.29, 0.717) is 17.6 Å². The van der Waals surface area contributed by atoms with Gasteiger partial charge in [0, 0.05) is 6.20 Å². The van der Waals surface area contributed by atoms with Gasteiger partial charge in [0.2, 0.25) is 0 Å². The van der Waals surface area contributed by atoms with Crippen LogP contribution in [0.3, 0.4) is 0 Å². The predicted molar refractivity (Wildman–Crippen MR) is 72.2 cm³/mol. The van der Waals surface area contributed by atoms with Gasteiger partial charge in [-0.15, -0.1) is 0 Å². The molecule has 5 nitrogen and oxygen atoms in total. The fourth-order valence-electron chi connectivity index (χ4n) is 1.94. The fraction of sp³-hybridized carbons (Fsp3) is 0.143. The molecule has 3 aromatic rings. The van der Waals surface area contributed by atoms with E-state index in [1.54, 1.807) is 30.5 Å². The molecule has 0 bridgehead atoms. The number of nitrogens with zero attached hydrogens (tertiary/aromatic N) is 2. The van der Waals surface area contributed by atoms with Crippen molar-refractivity contribution in [2.24, 2.45) is 0 Å². The van der Waals surface area contributed by atoms with E-state index in [-0.39, 0.29) is 17.9 Å². The van der Waals surface area contributed by atoms with Crippen LogP contribution in [0.15, 0.2) is 47.7 Å². The maximum Gasteiger partial charge on any atom is 0.277 e. The van der Waals surface area contributed by atoms with E-state index in [4.69, 9.17) is 4.74 Å². The van der Waals surface area contributed by atoms with Crippen molar-refractivity contribution in [3.63, 3.8) is 0 Å². The summed E-state index contributed by atoms with van der Waals surface area (Å²) in [6.07, 6.45) is 3.13. The number of aromatic amines is 1. The molecule has 0 saturated heterocycles. The molecule has 102 valence electrons. The van der Waals surface area contributed by atoms with Crippen molar-refractivity contribution in [3.05, 3.63) is 59.0 Å². The SMILES string of the molecule is O=c1c2[nH]ccc2ncn1CCOc1ccccc1F. The molecule has 1 aromatic carbocycles. The maximum absolute atomic E-state index is 13.4. The number of aromatic nitrogens is 3. The number of hydrogen-bond donors (Lipinski definition) is 1. The molecule has 0 amide bonds. The van der Waals surface area contributed by atoms with Crippen LogP contribution in [-0.2, 0) is 6.54 Å². The Balaban J connectivity index is 1.73. The van der Waals surface area contributed by atoms with Crippen molar-refractivity contribution in [1.82, 2.24) is 14.5 Å². The highest BCUT2D eigenvalue weighted by Gasteiger charge is 2.05. The molecular weight excluding hydrogens is 261 g/mol. The van der Waals surface area contributed by atoms with E-state index in [9.17, 15) is 9.18 Å². The first-order valence-corrected chi connectivity index (χ1v) is 6.15. The molecule has 0 aliphatic heterocycles. The lowest BCUT2D eigenvalue weighted by Gasteiger charge is -2.08. The number of halogens is 1. The summed E-state index contributed by atoms with van der Waals surface area (Å²) >= 11 is 0. The summed E-state index contributed by atoms with van der Waals surface area (Å²) < 4.78 is 20.1. The Labute approximate surface area is 113 Å². The van der Waals surface area contributed by atoms with Crippen molar-refractivity contribution >= 4 is 11.0 Å². The molecule has 3 rings (SSSR count). The summed E-state index contributed by atoms with van der Waals surface area (Å²) in [5.41, 5.74) is 0.914. The van der Waals surface area contributed by atoms with Crippen LogP contribution >= 0.6 is 0 Å². The van der Waals surface area contributed by atoms with Crippen LogP contribution < -0.4 is 10.3 Å². The molecule has 0 spiro atoms. The zero-order valence-electron chi connectivity index (χ0n) is 10.5. The van der Waals surface area contributed by atoms with Crippen LogP contribution in [0.4, 0.5) is 4.39 Å². The highest BCUT2D eigenvalue weighted by molar-refractivity contribution is 5.73. The second kappa shape index (κ2) is 5.16. The number of nitrogens with one attached hydrogen (secondary N) is 1. The average Bonchev–Trinajstić information content (AvgIpc) is 2.93. The van der Waals surface area contributed by atoms with Gasteiger partial charge in [-0.3, -0.25) is 9.36 Å². The molecule has 0 fully saturated rings. The van der Waals surface area contributed by atoms with E-state index >= 15 is 0 Å². The van der Waals surface area contributed by atoms with Crippen LogP contribution in [0.25, 0.3) is 11.0 Å². The standard InChI is InChI=1S/C14H12FN3O2/c15-10-3-1-2-4-12(10)20-8-7-18-9-17-11-5-6-16-13(11)14(18)19/h1-6,9,16H,7-8H2. The molecule has 2 heterocycles. The van der Waals surface area contributed by atoms with Gasteiger partial charge in [-0.1, -0.05) is 12.1 Å². The van der Waals surface area contributed by atoms with E-state index in [1.807, 2.05) is 0 Å². The summed E-state index contributed by atoms with van der Waals surface area (Å²) in [4.78, 5) is 19.1. The smallest absolute Gasteiger partial charge is 0.277 e. The molecule has 0 aliphatic rings. The highest BCUT2D eigenvalue weighted by Crippen LogP contribution is 2.15. The average molecular weight is 273 g/mol. The first kappa shape index (κ1) is 12.4. The van der Waals surface area contributed by atoms with Gasteiger partial charge in [-0.2, -0.15) is 0 Å². The summed E-state index contributed by atoms with van der Waals surface area (Å²) in [5, 5.41) is 0. The van der Waals surface area contributed by atoms with Crippen LogP contribution in [0.1, 0.15) is 0 Å². The number of benzene rings is 1. The van der Waals surface area contributed by atoms with E-state index in [0.717, 1.165) is 0 Å². The van der Waals surface area contributed by atoms with E-state index in [2.05, 4.69) is 9.97 Å². The minimum absolute atomic E-state index is 0.169. The topological polar surface area (TPSA) is 59.9 Å². The van der Waals surface area contributed by atoms with Gasteiger partial charge in [0.25, 0.3) is 5.56 Å². The predicted octanol–water partition coefficient (Wildman–Crippen LogP) is 1.94. The molecule has 0 saturated carbocycles. The number of H-pyrrole nitrogens is 1. The molecule has 2 aromatic heterocycles. The monoisotopic (exact) mass is 273 g/mol. The maximum atomic E-state index is 13.4. The normalized spacial score (nSPS) is 10.8. The van der Waals surface area contributed by atoms with Crippen LogP contribution in [0.5, 0.6) is 5.75 Å². The Morgan fingerprint density at radius 3 is 3.00 bits per heavy atom. The second-order valence-electron chi connectivity index (χ2n) is 4.26. The first-order chi connectivity index (χ1) is 9.75. The number of hydrogen-bond acceptors (Lipinski definition) is 3. The molecule has 0 unspecified atom stereocenters. The lowest BCUT2D eigenvalue weighted by molar-refractivity contribution is 0.282. The molecule has 6 heteroatoms. The van der Waals surface area contributed by atoms with Crippen LogP contribution in [-0.4, -0.2) is 21.1 Å². The molecule has 0 radical (unpaired) electrons. The fourth-order valence-corrected chi connectivity index (χ4v) is 1.94.